The molecule has 10 nitrogen and oxygen atoms in total. The Bertz CT molecular complexity index is 1160. The largest absolute Gasteiger partial charge is 0.330 e. The molecule has 0 radical (unpaired) electrons. The van der Waals surface area contributed by atoms with Gasteiger partial charge >= 0.3 is 11.4 Å². The predicted molar refractivity (Wildman–Crippen MR) is 170 cm³/mol. The summed E-state index contributed by atoms with van der Waals surface area (Å²) < 4.78 is 6.18. The Morgan fingerprint density at radius 3 is 1.07 bits per heavy atom. The third kappa shape index (κ3) is 12.3. The van der Waals surface area contributed by atoms with E-state index in [1.165, 1.54) is 21.3 Å². The molecule has 0 amide bonds. The van der Waals surface area contributed by atoms with Gasteiger partial charge in [-0.25, -0.2) is 9.59 Å². The number of nitrogens with zero attached hydrogens (tertiary/aromatic N) is 4. The molecule has 0 aromatic carbocycles. The lowest BCUT2D eigenvalue weighted by atomic mass is 10.1. The first-order valence-electron chi connectivity index (χ1n) is 16.6. The summed E-state index contributed by atoms with van der Waals surface area (Å²) in [5.74, 6) is 0. The zero-order chi connectivity index (χ0) is 29.8. The van der Waals surface area contributed by atoms with Crippen LogP contribution in [0.15, 0.2) is 43.7 Å². The lowest BCUT2D eigenvalue weighted by Crippen LogP contribution is -2.39. The molecule has 42 heavy (non-hydrogen) atoms. The minimum Gasteiger partial charge on any atom is -0.317 e. The number of hydrogen-bond acceptors (Lipinski definition) is 6. The standard InChI is InChI=1S/C32H54N6O4/c39-29-17-27-35-23-13-5-1-9-19-33-21-11-3-7-15-26-38-30(40)18-28-36(32(38)42)24-14-6-2-10-20-34-22-12-4-8-16-25-37(29)31(35)41/h17-18,27-28,33-34H,1-16,19-26H2. The minimum atomic E-state index is -0.197. The Morgan fingerprint density at radius 2 is 0.714 bits per heavy atom. The Balaban J connectivity index is 1.45. The monoisotopic (exact) mass is 586 g/mol. The summed E-state index contributed by atoms with van der Waals surface area (Å²) in [7, 11) is 0. The highest BCUT2D eigenvalue weighted by Crippen LogP contribution is 2.04. The van der Waals surface area contributed by atoms with Gasteiger partial charge < -0.3 is 19.8 Å². The van der Waals surface area contributed by atoms with Gasteiger partial charge in [-0.15, -0.1) is 0 Å². The van der Waals surface area contributed by atoms with Gasteiger partial charge in [-0.1, -0.05) is 51.4 Å². The summed E-state index contributed by atoms with van der Waals surface area (Å²) in [6.45, 7) is 6.22. The van der Waals surface area contributed by atoms with Crippen LogP contribution in [0.4, 0.5) is 0 Å². The molecule has 236 valence electrons. The average Bonchev–Trinajstić information content (AvgIpc) is 2.98. The van der Waals surface area contributed by atoms with Crippen LogP contribution < -0.4 is 33.1 Å². The summed E-state index contributed by atoms with van der Waals surface area (Å²) in [6, 6.07) is 3.05. The van der Waals surface area contributed by atoms with Crippen LogP contribution in [0.1, 0.15) is 103 Å². The van der Waals surface area contributed by atoms with Crippen molar-refractivity contribution in [3.63, 3.8) is 0 Å². The molecule has 2 N–H and O–H groups in total. The fourth-order valence-electron chi connectivity index (χ4n) is 5.63. The molecule has 0 fully saturated rings. The SMILES string of the molecule is O=c1ccn2c(=O)n1CCCCCCNCCCCCCn1ccc(=O)n(c1=O)CCCCCCNCCCCCC2. The quantitative estimate of drug-likeness (QED) is 0.489. The first-order valence-corrected chi connectivity index (χ1v) is 16.6. The van der Waals surface area contributed by atoms with Crippen molar-refractivity contribution < 1.29 is 0 Å². The average molecular weight is 587 g/mol. The number of aryl methyl sites for hydroxylation is 2. The smallest absolute Gasteiger partial charge is 0.317 e. The van der Waals surface area contributed by atoms with E-state index in [1.807, 2.05) is 0 Å². The molecular weight excluding hydrogens is 532 g/mol. The second-order valence-corrected chi connectivity index (χ2v) is 11.7. The van der Waals surface area contributed by atoms with Crippen LogP contribution >= 0.6 is 0 Å². The third-order valence-electron chi connectivity index (χ3n) is 8.26. The molecule has 1 aliphatic heterocycles. The van der Waals surface area contributed by atoms with E-state index in [1.54, 1.807) is 21.5 Å². The predicted octanol–water partition coefficient (Wildman–Crippen LogP) is 3.47. The summed E-state index contributed by atoms with van der Waals surface area (Å²) in [5, 5.41) is 7.02. The van der Waals surface area contributed by atoms with Crippen molar-refractivity contribution in [1.29, 1.82) is 0 Å². The molecule has 10 heteroatoms. The Morgan fingerprint density at radius 1 is 0.405 bits per heavy atom. The molecule has 1 aliphatic rings. The summed E-state index contributed by atoms with van der Waals surface area (Å²) in [4.78, 5) is 50.2. The maximum Gasteiger partial charge on any atom is 0.330 e. The molecule has 3 heterocycles. The zero-order valence-electron chi connectivity index (χ0n) is 25.7. The van der Waals surface area contributed by atoms with Crippen molar-refractivity contribution in [2.24, 2.45) is 0 Å². The highest BCUT2D eigenvalue weighted by molar-refractivity contribution is 4.87. The Labute approximate surface area is 250 Å². The molecule has 3 rings (SSSR count). The highest BCUT2D eigenvalue weighted by Gasteiger charge is 2.07. The normalized spacial score (nSPS) is 19.2. The number of aromatic nitrogens is 4. The van der Waals surface area contributed by atoms with Crippen LogP contribution in [0.2, 0.25) is 0 Å². The lowest BCUT2D eigenvalue weighted by molar-refractivity contribution is 0.479. The number of rotatable bonds is 0. The van der Waals surface area contributed by atoms with Gasteiger partial charge in [-0.2, -0.15) is 0 Å². The topological polar surface area (TPSA) is 112 Å². The molecule has 2 aromatic rings. The maximum atomic E-state index is 12.8. The first kappa shape index (κ1) is 33.8. The second-order valence-electron chi connectivity index (χ2n) is 11.7. The highest BCUT2D eigenvalue weighted by atomic mass is 16.2. The Kier molecular flexibility index (Phi) is 16.3. The molecule has 0 saturated carbocycles. The van der Waals surface area contributed by atoms with Gasteiger partial charge in [-0.05, 0) is 77.5 Å². The van der Waals surface area contributed by atoms with Crippen LogP contribution in [-0.2, 0) is 26.2 Å². The van der Waals surface area contributed by atoms with E-state index in [0.717, 1.165) is 129 Å². The van der Waals surface area contributed by atoms with Crippen molar-refractivity contribution in [2.75, 3.05) is 26.2 Å². The van der Waals surface area contributed by atoms with E-state index < -0.39 is 0 Å². The molecule has 2 aromatic heterocycles. The van der Waals surface area contributed by atoms with Crippen LogP contribution in [0.25, 0.3) is 0 Å². The summed E-state index contributed by atoms with van der Waals surface area (Å²) in [6.07, 6.45) is 19.7. The van der Waals surface area contributed by atoms with E-state index in [4.69, 9.17) is 0 Å². The van der Waals surface area contributed by atoms with E-state index in [9.17, 15) is 19.2 Å². The fourth-order valence-corrected chi connectivity index (χ4v) is 5.63. The lowest BCUT2D eigenvalue weighted by Gasteiger charge is -2.11. The minimum absolute atomic E-state index is 0.177. The molecule has 0 atom stereocenters. The van der Waals surface area contributed by atoms with Crippen LogP contribution in [0.5, 0.6) is 0 Å². The van der Waals surface area contributed by atoms with Crippen LogP contribution in [0, 0.1) is 0 Å². The van der Waals surface area contributed by atoms with Gasteiger partial charge in [-0.3, -0.25) is 18.7 Å². The van der Waals surface area contributed by atoms with Crippen LogP contribution in [0.3, 0.4) is 0 Å². The molecular formula is C32H54N6O4. The van der Waals surface area contributed by atoms with Crippen molar-refractivity contribution in [1.82, 2.24) is 28.9 Å². The van der Waals surface area contributed by atoms with Gasteiger partial charge in [0.05, 0.1) is 0 Å². The van der Waals surface area contributed by atoms with Crippen molar-refractivity contribution in [3.05, 3.63) is 66.2 Å². The summed E-state index contributed by atoms with van der Waals surface area (Å²) in [5.41, 5.74) is -0.748. The molecule has 0 aliphatic carbocycles. The molecule has 0 saturated heterocycles. The van der Waals surface area contributed by atoms with Gasteiger partial charge in [0.25, 0.3) is 11.1 Å². The fraction of sp³-hybridized carbons (Fsp3) is 0.750. The Hall–Kier alpha value is -2.72. The first-order chi connectivity index (χ1) is 20.6. The van der Waals surface area contributed by atoms with Crippen molar-refractivity contribution in [2.45, 2.75) is 129 Å². The van der Waals surface area contributed by atoms with E-state index >= 15 is 0 Å². The van der Waals surface area contributed by atoms with Gasteiger partial charge in [0.15, 0.2) is 0 Å². The number of nitrogens with one attached hydrogen (secondary N) is 2. The van der Waals surface area contributed by atoms with Crippen LogP contribution in [-0.4, -0.2) is 44.4 Å². The van der Waals surface area contributed by atoms with E-state index in [-0.39, 0.29) is 22.5 Å². The zero-order valence-corrected chi connectivity index (χ0v) is 25.7. The van der Waals surface area contributed by atoms with Gasteiger partial charge in [0, 0.05) is 50.7 Å². The van der Waals surface area contributed by atoms with Gasteiger partial charge in [0.1, 0.15) is 0 Å². The van der Waals surface area contributed by atoms with Crippen molar-refractivity contribution in [3.8, 4) is 0 Å². The van der Waals surface area contributed by atoms with E-state index in [0.29, 0.717) is 26.2 Å². The number of hydrogen-bond donors (Lipinski definition) is 2. The third-order valence-corrected chi connectivity index (χ3v) is 8.26. The molecule has 0 spiro atoms. The second kappa shape index (κ2) is 20.2. The van der Waals surface area contributed by atoms with Gasteiger partial charge in [0.2, 0.25) is 0 Å². The van der Waals surface area contributed by atoms with E-state index in [2.05, 4.69) is 10.6 Å². The molecule has 0 unspecified atom stereocenters. The maximum absolute atomic E-state index is 12.8. The van der Waals surface area contributed by atoms with Crippen molar-refractivity contribution >= 4 is 0 Å². The number of fused-ring (bicyclic) bond motifs is 4. The summed E-state index contributed by atoms with van der Waals surface area (Å²) >= 11 is 0. The molecule has 4 bridgehead atoms.